The molecule has 2 heterocycles. The predicted octanol–water partition coefficient (Wildman–Crippen LogP) is 3.93. The third-order valence-corrected chi connectivity index (χ3v) is 5.64. The first-order chi connectivity index (χ1) is 13.2. The van der Waals surface area contributed by atoms with E-state index in [1.807, 2.05) is 0 Å². The third-order valence-electron chi connectivity index (χ3n) is 4.22. The summed E-state index contributed by atoms with van der Waals surface area (Å²) in [5.41, 5.74) is -5.46. The molecule has 1 aliphatic rings. The largest absolute Gasteiger partial charge is 0.604 e. The second-order valence-corrected chi connectivity index (χ2v) is 7.92. The molecule has 0 N–H and O–H groups in total. The van der Waals surface area contributed by atoms with E-state index < -0.39 is 33.2 Å². The van der Waals surface area contributed by atoms with Crippen LogP contribution in [0.25, 0.3) is 5.69 Å². The maximum Gasteiger partial charge on any atom is 0.578 e. The summed E-state index contributed by atoms with van der Waals surface area (Å²) >= 11 is 2.33. The minimum atomic E-state index is -5.11. The monoisotopic (exact) mass is 430 g/mol. The maximum atomic E-state index is 13.3. The van der Waals surface area contributed by atoms with E-state index in [9.17, 15) is 27.8 Å². The van der Waals surface area contributed by atoms with Crippen molar-refractivity contribution in [1.82, 2.24) is 9.78 Å². The van der Waals surface area contributed by atoms with Crippen molar-refractivity contribution in [2.75, 3.05) is 11.4 Å². The molecule has 1 saturated heterocycles. The molecule has 28 heavy (non-hydrogen) atoms. The summed E-state index contributed by atoms with van der Waals surface area (Å²) in [7, 11) is 0. The van der Waals surface area contributed by atoms with Gasteiger partial charge in [0.15, 0.2) is 5.82 Å². The lowest BCUT2D eigenvalue weighted by Crippen LogP contribution is -2.34. The smallest absolute Gasteiger partial charge is 0.578 e. The molecule has 0 aliphatic carbocycles. The number of rotatable bonds is 3. The fourth-order valence-corrected chi connectivity index (χ4v) is 3.94. The Kier molecular flexibility index (Phi) is 5.88. The molecule has 0 bridgehead atoms. The van der Waals surface area contributed by atoms with Crippen LogP contribution in [0.4, 0.5) is 19.0 Å². The molecule has 11 heteroatoms. The van der Waals surface area contributed by atoms with E-state index in [2.05, 4.69) is 5.10 Å². The van der Waals surface area contributed by atoms with Crippen molar-refractivity contribution in [3.05, 3.63) is 35.0 Å². The Morgan fingerprint density at radius 3 is 2.50 bits per heavy atom. The van der Waals surface area contributed by atoms with Crippen molar-refractivity contribution in [3.63, 3.8) is 0 Å². The van der Waals surface area contributed by atoms with Crippen LogP contribution in [0.2, 0.25) is 5.02 Å². The van der Waals surface area contributed by atoms with Gasteiger partial charge in [0.05, 0.1) is 5.69 Å². The Morgan fingerprint density at radius 1 is 1.21 bits per heavy atom. The highest BCUT2D eigenvalue weighted by molar-refractivity contribution is 7.92. The van der Waals surface area contributed by atoms with Gasteiger partial charge in [-0.1, -0.05) is 18.0 Å². The van der Waals surface area contributed by atoms with Gasteiger partial charge in [0.1, 0.15) is 17.2 Å². The second-order valence-electron chi connectivity index (χ2n) is 6.07. The lowest BCUT2D eigenvalue weighted by atomic mass is 10.2. The standard InChI is InChI=1S/C17H14ClF3N4O2S/c18-11-5-7-12(8-6-11)25-16(24-9-3-1-2-4-14(24)26)15(13(10-22)23-25)28(27)17(19,20)21/h5-8H,1-4,9H2. The van der Waals surface area contributed by atoms with E-state index in [0.717, 1.165) is 16.0 Å². The van der Waals surface area contributed by atoms with Crippen LogP contribution in [0.3, 0.4) is 0 Å². The lowest BCUT2D eigenvalue weighted by Gasteiger charge is -2.23. The van der Waals surface area contributed by atoms with Crippen LogP contribution in [0.1, 0.15) is 31.4 Å². The number of benzene rings is 1. The lowest BCUT2D eigenvalue weighted by molar-refractivity contribution is -0.118. The quantitative estimate of drug-likeness (QED) is 0.690. The van der Waals surface area contributed by atoms with E-state index in [0.29, 0.717) is 23.6 Å². The summed E-state index contributed by atoms with van der Waals surface area (Å²) in [4.78, 5) is 12.9. The molecule has 3 rings (SSSR count). The summed E-state index contributed by atoms with van der Waals surface area (Å²) in [5, 5.41) is 13.6. The average Bonchev–Trinajstić information content (AvgIpc) is 2.89. The van der Waals surface area contributed by atoms with Gasteiger partial charge in [-0.25, -0.2) is 4.68 Å². The number of halogens is 4. The highest BCUT2D eigenvalue weighted by Crippen LogP contribution is 2.40. The van der Waals surface area contributed by atoms with E-state index in [4.69, 9.17) is 11.6 Å². The van der Waals surface area contributed by atoms with Crippen LogP contribution in [-0.2, 0) is 16.0 Å². The van der Waals surface area contributed by atoms with E-state index in [-0.39, 0.29) is 18.8 Å². The predicted molar refractivity (Wildman–Crippen MR) is 96.6 cm³/mol. The minimum Gasteiger partial charge on any atom is -0.604 e. The fraction of sp³-hybridized carbons (Fsp3) is 0.353. The summed E-state index contributed by atoms with van der Waals surface area (Å²) in [5.74, 6) is -0.695. The number of nitrogens with zero attached hydrogens (tertiary/aromatic N) is 4. The number of carbonyl (C=O) groups excluding carboxylic acids is 1. The van der Waals surface area contributed by atoms with Gasteiger partial charge in [0, 0.05) is 18.0 Å². The summed E-state index contributed by atoms with van der Waals surface area (Å²) < 4.78 is 53.1. The highest BCUT2D eigenvalue weighted by atomic mass is 35.5. The number of nitriles is 1. The maximum absolute atomic E-state index is 13.3. The van der Waals surface area contributed by atoms with Gasteiger partial charge in [-0.3, -0.25) is 9.69 Å². The topological polar surface area (TPSA) is 85.0 Å². The molecule has 148 valence electrons. The molecule has 1 atom stereocenters. The van der Waals surface area contributed by atoms with Gasteiger partial charge < -0.3 is 4.55 Å². The molecule has 0 radical (unpaired) electrons. The van der Waals surface area contributed by atoms with Gasteiger partial charge in [-0.2, -0.15) is 5.26 Å². The zero-order valence-corrected chi connectivity index (χ0v) is 15.9. The molecule has 2 aromatic rings. The third kappa shape index (κ3) is 3.97. The Bertz CT molecular complexity index is 924. The second kappa shape index (κ2) is 8.03. The van der Waals surface area contributed by atoms with Crippen LogP contribution in [0, 0.1) is 11.3 Å². The van der Waals surface area contributed by atoms with Crippen molar-refractivity contribution >= 4 is 34.5 Å². The Morgan fingerprint density at radius 2 is 1.89 bits per heavy atom. The minimum absolute atomic E-state index is 0.144. The van der Waals surface area contributed by atoms with Gasteiger partial charge in [0.25, 0.3) is 0 Å². The number of hydrogen-bond acceptors (Lipinski definition) is 4. The first-order valence-corrected chi connectivity index (χ1v) is 9.85. The molecule has 6 nitrogen and oxygen atoms in total. The summed E-state index contributed by atoms with van der Waals surface area (Å²) in [6.45, 7) is 0.144. The highest BCUT2D eigenvalue weighted by Gasteiger charge is 2.51. The summed E-state index contributed by atoms with van der Waals surface area (Å²) in [6.07, 6.45) is 2.05. The molecule has 1 aliphatic heterocycles. The Balaban J connectivity index is 2.27. The van der Waals surface area contributed by atoms with Crippen molar-refractivity contribution in [2.45, 2.75) is 36.1 Å². The van der Waals surface area contributed by atoms with Crippen molar-refractivity contribution in [2.24, 2.45) is 0 Å². The van der Waals surface area contributed by atoms with Gasteiger partial charge >= 0.3 is 5.51 Å². The first kappa shape index (κ1) is 20.5. The van der Waals surface area contributed by atoms with E-state index in [1.54, 1.807) is 6.07 Å². The number of hydrogen-bond donors (Lipinski definition) is 0. The van der Waals surface area contributed by atoms with Crippen LogP contribution < -0.4 is 4.90 Å². The van der Waals surface area contributed by atoms with Crippen molar-refractivity contribution in [1.29, 1.82) is 5.26 Å². The molecular formula is C17H14ClF3N4O2S. The van der Waals surface area contributed by atoms with Crippen molar-refractivity contribution < 1.29 is 22.5 Å². The van der Waals surface area contributed by atoms with Gasteiger partial charge in [-0.05, 0) is 37.1 Å². The van der Waals surface area contributed by atoms with Gasteiger partial charge in [-0.15, -0.1) is 18.3 Å². The first-order valence-electron chi connectivity index (χ1n) is 8.32. The Labute approximate surface area is 166 Å². The van der Waals surface area contributed by atoms with Crippen LogP contribution in [0.5, 0.6) is 0 Å². The zero-order chi connectivity index (χ0) is 20.5. The number of alkyl halides is 3. The van der Waals surface area contributed by atoms with E-state index in [1.165, 1.54) is 24.3 Å². The molecule has 1 amide bonds. The zero-order valence-electron chi connectivity index (χ0n) is 14.4. The van der Waals surface area contributed by atoms with Crippen LogP contribution in [0.15, 0.2) is 29.2 Å². The van der Waals surface area contributed by atoms with Crippen LogP contribution >= 0.6 is 11.6 Å². The van der Waals surface area contributed by atoms with Crippen LogP contribution in [-0.4, -0.2) is 32.3 Å². The number of carbonyl (C=O) groups is 1. The summed E-state index contributed by atoms with van der Waals surface area (Å²) in [6, 6.07) is 7.55. The number of amides is 1. The average molecular weight is 431 g/mol. The molecule has 0 spiro atoms. The molecule has 1 fully saturated rings. The molecule has 1 aromatic heterocycles. The van der Waals surface area contributed by atoms with Gasteiger partial charge in [0.2, 0.25) is 16.5 Å². The SMILES string of the molecule is N#Cc1nn(-c2ccc(Cl)cc2)c(N2CCCCCC2=O)c1[S+]([O-])C(F)(F)F. The molecule has 1 aromatic carbocycles. The normalized spacial score (nSPS) is 16.6. The van der Waals surface area contributed by atoms with E-state index >= 15 is 0 Å². The molecule has 0 saturated carbocycles. The number of aromatic nitrogens is 2. The molecule has 1 unspecified atom stereocenters. The Hall–Kier alpha value is -2.22. The van der Waals surface area contributed by atoms with Crippen molar-refractivity contribution in [3.8, 4) is 11.8 Å². The molecular weight excluding hydrogens is 417 g/mol. The fourth-order valence-electron chi connectivity index (χ4n) is 2.96. The number of anilines is 1.